The maximum Gasteiger partial charge on any atom is 0.278 e. The first-order valence-electron chi connectivity index (χ1n) is 10.6. The van der Waals surface area contributed by atoms with Crippen molar-refractivity contribution in [1.29, 1.82) is 0 Å². The number of ether oxygens (including phenoxy) is 3. The van der Waals surface area contributed by atoms with Gasteiger partial charge in [0, 0.05) is 35.0 Å². The van der Waals surface area contributed by atoms with Crippen LogP contribution in [0.5, 0.6) is 23.0 Å². The molecule has 2 heterocycles. The molecule has 0 amide bonds. The van der Waals surface area contributed by atoms with E-state index in [0.29, 0.717) is 24.5 Å². The van der Waals surface area contributed by atoms with Crippen molar-refractivity contribution < 1.29 is 24.4 Å². The zero-order valence-corrected chi connectivity index (χ0v) is 18.9. The number of rotatable bonds is 2. The number of phenols is 2. The van der Waals surface area contributed by atoms with E-state index in [1.807, 2.05) is 32.9 Å². The highest BCUT2D eigenvalue weighted by atomic mass is 16.7. The first-order chi connectivity index (χ1) is 13.9. The number of hydrogen-bond acceptors (Lipinski definition) is 5. The Balaban J connectivity index is 1.93. The van der Waals surface area contributed by atoms with Crippen LogP contribution in [-0.4, -0.2) is 28.7 Å². The average Bonchev–Trinajstić information content (AvgIpc) is 2.62. The van der Waals surface area contributed by atoms with Crippen LogP contribution < -0.4 is 9.47 Å². The minimum Gasteiger partial charge on any atom is -0.508 e. The van der Waals surface area contributed by atoms with E-state index in [2.05, 4.69) is 27.7 Å². The van der Waals surface area contributed by atoms with E-state index in [-0.39, 0.29) is 16.9 Å². The Kier molecular flexibility index (Phi) is 4.55. The third kappa shape index (κ3) is 2.94. The Labute approximate surface area is 178 Å². The zero-order chi connectivity index (χ0) is 22.1. The van der Waals surface area contributed by atoms with Crippen molar-refractivity contribution in [3.05, 3.63) is 46.5 Å². The molecule has 2 aromatic rings. The number of fused-ring (bicyclic) bond motifs is 2. The van der Waals surface area contributed by atoms with Crippen molar-refractivity contribution in [2.75, 3.05) is 6.61 Å². The van der Waals surface area contributed by atoms with Gasteiger partial charge in [0.05, 0.1) is 0 Å². The number of aromatic hydroxyl groups is 2. The number of aryl methyl sites for hydroxylation is 2. The lowest BCUT2D eigenvalue weighted by Crippen LogP contribution is -2.66. The number of hydrogen-bond donors (Lipinski definition) is 2. The fraction of sp³-hybridized carbons (Fsp3) is 0.520. The lowest BCUT2D eigenvalue weighted by atomic mass is 9.67. The molecule has 5 nitrogen and oxygen atoms in total. The maximum absolute atomic E-state index is 10.3. The second-order valence-corrected chi connectivity index (χ2v) is 9.90. The van der Waals surface area contributed by atoms with Gasteiger partial charge in [0.1, 0.15) is 29.1 Å². The zero-order valence-electron chi connectivity index (χ0n) is 18.9. The molecule has 0 saturated heterocycles. The lowest BCUT2D eigenvalue weighted by molar-refractivity contribution is -0.247. The highest BCUT2D eigenvalue weighted by molar-refractivity contribution is 5.54. The topological polar surface area (TPSA) is 68.2 Å². The molecule has 0 bridgehead atoms. The predicted molar refractivity (Wildman–Crippen MR) is 116 cm³/mol. The standard InChI is InChI=1S/C25H32O5/c1-8-28-22-24(6,7)17-12-19(27)15(3)10-21(17)30-25(22)13-23(4,5)16-11-18(26)14(2)9-20(16)29-25/h9-12,22,26-27H,8,13H2,1-7H3. The highest BCUT2D eigenvalue weighted by Gasteiger charge is 2.61. The molecule has 2 aliphatic rings. The van der Waals surface area contributed by atoms with Crippen molar-refractivity contribution in [1.82, 2.24) is 0 Å². The van der Waals surface area contributed by atoms with Gasteiger partial charge in [-0.3, -0.25) is 0 Å². The van der Waals surface area contributed by atoms with Crippen LogP contribution in [-0.2, 0) is 15.6 Å². The molecule has 2 atom stereocenters. The van der Waals surface area contributed by atoms with Crippen LogP contribution in [0.25, 0.3) is 0 Å². The maximum atomic E-state index is 10.3. The van der Waals surface area contributed by atoms with Crippen molar-refractivity contribution >= 4 is 0 Å². The SMILES string of the molecule is CCOC1C2(CC(C)(C)c3cc(O)c(C)cc3O2)Oc2cc(C)c(O)cc2C1(C)C. The van der Waals surface area contributed by atoms with Crippen LogP contribution in [0.2, 0.25) is 0 Å². The molecule has 2 N–H and O–H groups in total. The van der Waals surface area contributed by atoms with Crippen molar-refractivity contribution in [2.45, 2.75) is 77.6 Å². The predicted octanol–water partition coefficient (Wildman–Crippen LogP) is 5.25. The summed E-state index contributed by atoms with van der Waals surface area (Å²) in [5, 5.41) is 20.6. The lowest BCUT2D eigenvalue weighted by Gasteiger charge is -2.55. The Morgan fingerprint density at radius 3 is 1.93 bits per heavy atom. The molecule has 0 aliphatic carbocycles. The fourth-order valence-electron chi connectivity index (χ4n) is 5.11. The van der Waals surface area contributed by atoms with Gasteiger partial charge in [-0.1, -0.05) is 27.7 Å². The van der Waals surface area contributed by atoms with Gasteiger partial charge < -0.3 is 24.4 Å². The van der Waals surface area contributed by atoms with E-state index in [1.54, 1.807) is 12.1 Å². The molecule has 0 radical (unpaired) electrons. The molecule has 0 aromatic heterocycles. The third-order valence-electron chi connectivity index (χ3n) is 6.66. The van der Waals surface area contributed by atoms with Crippen LogP contribution in [0.4, 0.5) is 0 Å². The summed E-state index contributed by atoms with van der Waals surface area (Å²) in [6.45, 7) is 14.7. The highest BCUT2D eigenvalue weighted by Crippen LogP contribution is 2.55. The van der Waals surface area contributed by atoms with Gasteiger partial charge in [-0.25, -0.2) is 0 Å². The van der Waals surface area contributed by atoms with Crippen LogP contribution in [0.15, 0.2) is 24.3 Å². The van der Waals surface area contributed by atoms with E-state index < -0.39 is 17.3 Å². The molecule has 2 unspecified atom stereocenters. The van der Waals surface area contributed by atoms with E-state index >= 15 is 0 Å². The molecule has 0 fully saturated rings. The second kappa shape index (κ2) is 6.55. The fourth-order valence-corrected chi connectivity index (χ4v) is 5.11. The largest absolute Gasteiger partial charge is 0.508 e. The number of benzene rings is 2. The Hall–Kier alpha value is -2.40. The molecule has 2 aromatic carbocycles. The van der Waals surface area contributed by atoms with Gasteiger partial charge in [-0.2, -0.15) is 0 Å². The second-order valence-electron chi connectivity index (χ2n) is 9.90. The van der Waals surface area contributed by atoms with E-state index in [0.717, 1.165) is 22.3 Å². The van der Waals surface area contributed by atoms with Crippen LogP contribution in [0.3, 0.4) is 0 Å². The van der Waals surface area contributed by atoms with Gasteiger partial charge in [-0.15, -0.1) is 0 Å². The van der Waals surface area contributed by atoms with Crippen LogP contribution in [0.1, 0.15) is 63.3 Å². The van der Waals surface area contributed by atoms with Crippen molar-refractivity contribution in [3.63, 3.8) is 0 Å². The van der Waals surface area contributed by atoms with Gasteiger partial charge in [-0.05, 0) is 56.2 Å². The molecule has 1 spiro atoms. The number of phenolic OH excluding ortho intramolecular Hbond substituents is 2. The summed E-state index contributed by atoms with van der Waals surface area (Å²) >= 11 is 0. The van der Waals surface area contributed by atoms with E-state index in [1.165, 1.54) is 0 Å². The Morgan fingerprint density at radius 1 is 0.900 bits per heavy atom. The summed E-state index contributed by atoms with van der Waals surface area (Å²) in [6.07, 6.45) is 0.161. The third-order valence-corrected chi connectivity index (χ3v) is 6.66. The summed E-state index contributed by atoms with van der Waals surface area (Å²) in [7, 11) is 0. The van der Waals surface area contributed by atoms with E-state index in [4.69, 9.17) is 14.2 Å². The van der Waals surface area contributed by atoms with Crippen LogP contribution >= 0.6 is 0 Å². The molecule has 4 rings (SSSR count). The minimum absolute atomic E-state index is 0.248. The summed E-state index contributed by atoms with van der Waals surface area (Å²) in [5.74, 6) is 0.902. The van der Waals surface area contributed by atoms with E-state index in [9.17, 15) is 10.2 Å². The first kappa shape index (κ1) is 20.9. The Bertz CT molecular complexity index is 1000. The summed E-state index contributed by atoms with van der Waals surface area (Å²) in [5.41, 5.74) is 2.60. The molecular formula is C25H32O5. The molecule has 162 valence electrons. The van der Waals surface area contributed by atoms with Crippen molar-refractivity contribution in [3.8, 4) is 23.0 Å². The molecule has 0 saturated carbocycles. The van der Waals surface area contributed by atoms with Gasteiger partial charge in [0.25, 0.3) is 5.79 Å². The monoisotopic (exact) mass is 412 g/mol. The average molecular weight is 413 g/mol. The smallest absolute Gasteiger partial charge is 0.278 e. The molecule has 5 heteroatoms. The normalized spacial score (nSPS) is 25.8. The summed E-state index contributed by atoms with van der Waals surface area (Å²) < 4.78 is 19.6. The van der Waals surface area contributed by atoms with Gasteiger partial charge >= 0.3 is 0 Å². The molecule has 30 heavy (non-hydrogen) atoms. The Morgan fingerprint density at radius 2 is 1.40 bits per heavy atom. The molecule has 2 aliphatic heterocycles. The summed E-state index contributed by atoms with van der Waals surface area (Å²) in [4.78, 5) is 0. The summed E-state index contributed by atoms with van der Waals surface area (Å²) in [6, 6.07) is 7.35. The quantitative estimate of drug-likeness (QED) is 0.705. The molecular weight excluding hydrogens is 380 g/mol. The van der Waals surface area contributed by atoms with Crippen LogP contribution in [0, 0.1) is 13.8 Å². The minimum atomic E-state index is -1.03. The first-order valence-corrected chi connectivity index (χ1v) is 10.6. The van der Waals surface area contributed by atoms with Gasteiger partial charge in [0.15, 0.2) is 0 Å². The van der Waals surface area contributed by atoms with Gasteiger partial charge in [0.2, 0.25) is 0 Å². The van der Waals surface area contributed by atoms with Crippen molar-refractivity contribution in [2.24, 2.45) is 0 Å².